The molecule has 0 fully saturated rings. The number of hydrogen-bond acceptors (Lipinski definition) is 6. The number of benzene rings is 1. The summed E-state index contributed by atoms with van der Waals surface area (Å²) in [4.78, 5) is 12.8. The Balaban J connectivity index is 2.54. The van der Waals surface area contributed by atoms with Crippen molar-refractivity contribution in [3.63, 3.8) is 0 Å². The largest absolute Gasteiger partial charge is 0.404 e. The summed E-state index contributed by atoms with van der Waals surface area (Å²) in [6.07, 6.45) is 4.71. The van der Waals surface area contributed by atoms with Crippen LogP contribution in [0.2, 0.25) is 0 Å². The van der Waals surface area contributed by atoms with Gasteiger partial charge in [-0.25, -0.2) is 15.8 Å². The van der Waals surface area contributed by atoms with Crippen LogP contribution >= 0.6 is 0 Å². The monoisotopic (exact) mass is 282 g/mol. The summed E-state index contributed by atoms with van der Waals surface area (Å²) in [5, 5.41) is 0. The summed E-state index contributed by atoms with van der Waals surface area (Å²) in [7, 11) is 1.66. The molecule has 2 aromatic rings. The maximum Gasteiger partial charge on any atom is 0.166 e. The van der Waals surface area contributed by atoms with Gasteiger partial charge in [-0.1, -0.05) is 29.8 Å². The highest BCUT2D eigenvalue weighted by Gasteiger charge is 2.11. The van der Waals surface area contributed by atoms with E-state index in [9.17, 15) is 0 Å². The van der Waals surface area contributed by atoms with Gasteiger partial charge in [0.15, 0.2) is 5.82 Å². The average Bonchev–Trinajstić information content (AvgIpc) is 2.53. The van der Waals surface area contributed by atoms with Crippen LogP contribution in [-0.4, -0.2) is 23.2 Å². The lowest BCUT2D eigenvalue weighted by Gasteiger charge is -2.10. The first-order valence-corrected chi connectivity index (χ1v) is 6.44. The lowest BCUT2D eigenvalue weighted by molar-refractivity contribution is 1.14. The molecule has 1 aromatic carbocycles. The molecule has 0 bridgehead atoms. The van der Waals surface area contributed by atoms with Gasteiger partial charge in [-0.15, -0.1) is 0 Å². The highest BCUT2D eigenvalue weighted by atomic mass is 15.3. The van der Waals surface area contributed by atoms with Crippen LogP contribution in [0.5, 0.6) is 0 Å². The van der Waals surface area contributed by atoms with Crippen LogP contribution in [0.1, 0.15) is 11.3 Å². The van der Waals surface area contributed by atoms with E-state index in [1.807, 2.05) is 31.2 Å². The van der Waals surface area contributed by atoms with Gasteiger partial charge in [0.25, 0.3) is 0 Å². The summed E-state index contributed by atoms with van der Waals surface area (Å²) < 4.78 is 0. The number of nitrogens with zero attached hydrogens (tertiary/aromatic N) is 3. The molecule has 21 heavy (non-hydrogen) atoms. The van der Waals surface area contributed by atoms with E-state index in [-0.39, 0.29) is 0 Å². The lowest BCUT2D eigenvalue weighted by Crippen LogP contribution is -2.13. The number of aliphatic imine (C=N–C) groups is 1. The van der Waals surface area contributed by atoms with Crippen LogP contribution in [0.3, 0.4) is 0 Å². The molecule has 0 aliphatic heterocycles. The van der Waals surface area contributed by atoms with Crippen LogP contribution < -0.4 is 17.0 Å². The fourth-order valence-corrected chi connectivity index (χ4v) is 1.88. The number of nitrogens with two attached hydrogens (primary N) is 2. The first-order valence-electron chi connectivity index (χ1n) is 6.44. The van der Waals surface area contributed by atoms with Crippen molar-refractivity contribution in [1.82, 2.24) is 9.97 Å². The van der Waals surface area contributed by atoms with Gasteiger partial charge in [0.2, 0.25) is 0 Å². The molecular formula is C15H18N6. The Morgan fingerprint density at radius 2 is 2.00 bits per heavy atom. The zero-order valence-electron chi connectivity index (χ0n) is 12.0. The molecule has 1 heterocycles. The number of hydrogen-bond donors (Lipinski definition) is 3. The molecule has 0 radical (unpaired) electrons. The Morgan fingerprint density at radius 1 is 1.29 bits per heavy atom. The second kappa shape index (κ2) is 6.62. The molecule has 0 amide bonds. The van der Waals surface area contributed by atoms with Crippen LogP contribution in [0.25, 0.3) is 16.8 Å². The number of rotatable bonds is 4. The number of aryl methyl sites for hydroxylation is 1. The van der Waals surface area contributed by atoms with Gasteiger partial charge in [0, 0.05) is 30.6 Å². The number of aromatic nitrogens is 2. The quantitative estimate of drug-likeness (QED) is 0.450. The predicted molar refractivity (Wildman–Crippen MR) is 86.6 cm³/mol. The first kappa shape index (κ1) is 14.7. The normalized spacial score (nSPS) is 11.9. The lowest BCUT2D eigenvalue weighted by atomic mass is 10.1. The molecule has 0 spiro atoms. The molecule has 0 saturated carbocycles. The minimum Gasteiger partial charge on any atom is -0.404 e. The molecule has 2 rings (SSSR count). The molecule has 0 saturated heterocycles. The zero-order valence-corrected chi connectivity index (χ0v) is 12.0. The summed E-state index contributed by atoms with van der Waals surface area (Å²) in [5.74, 6) is 5.93. The van der Waals surface area contributed by atoms with Gasteiger partial charge < -0.3 is 11.2 Å². The standard InChI is InChI=1S/C15H18N6/c1-10-3-5-11(6-4-10)13-9-19-15(21-17)14(20-13)12(7-16)8-18-2/h3-9H,16-17H2,1-2H3,(H,19,21). The molecule has 5 N–H and O–H groups in total. The topological polar surface area (TPSA) is 102 Å². The molecule has 0 unspecified atom stereocenters. The molecule has 1 aromatic heterocycles. The van der Waals surface area contributed by atoms with Crippen molar-refractivity contribution in [3.05, 3.63) is 47.9 Å². The summed E-state index contributed by atoms with van der Waals surface area (Å²) in [6, 6.07) is 8.05. The molecule has 6 heteroatoms. The highest BCUT2D eigenvalue weighted by Crippen LogP contribution is 2.23. The average molecular weight is 282 g/mol. The van der Waals surface area contributed by atoms with E-state index in [0.717, 1.165) is 11.3 Å². The number of anilines is 1. The molecule has 108 valence electrons. The van der Waals surface area contributed by atoms with E-state index in [4.69, 9.17) is 11.6 Å². The number of nitrogen functional groups attached to an aromatic ring is 1. The van der Waals surface area contributed by atoms with Crippen LogP contribution in [0.15, 0.2) is 41.7 Å². The smallest absolute Gasteiger partial charge is 0.166 e. The maximum atomic E-state index is 5.63. The molecular weight excluding hydrogens is 264 g/mol. The fraction of sp³-hybridized carbons (Fsp3) is 0.133. The third-order valence-corrected chi connectivity index (χ3v) is 2.98. The Kier molecular flexibility index (Phi) is 4.63. The van der Waals surface area contributed by atoms with Crippen LogP contribution in [0, 0.1) is 6.92 Å². The van der Waals surface area contributed by atoms with Gasteiger partial charge in [-0.2, -0.15) is 0 Å². The van der Waals surface area contributed by atoms with Crippen molar-refractivity contribution in [3.8, 4) is 11.3 Å². The van der Waals surface area contributed by atoms with E-state index in [2.05, 4.69) is 20.4 Å². The van der Waals surface area contributed by atoms with E-state index in [1.165, 1.54) is 11.8 Å². The third-order valence-electron chi connectivity index (χ3n) is 2.98. The van der Waals surface area contributed by atoms with Gasteiger partial charge >= 0.3 is 0 Å². The van der Waals surface area contributed by atoms with E-state index in [1.54, 1.807) is 19.5 Å². The maximum absolute atomic E-state index is 5.63. The second-order valence-electron chi connectivity index (χ2n) is 4.47. The fourth-order valence-electron chi connectivity index (χ4n) is 1.88. The van der Waals surface area contributed by atoms with E-state index < -0.39 is 0 Å². The summed E-state index contributed by atoms with van der Waals surface area (Å²) in [5.41, 5.74) is 12.3. The van der Waals surface area contributed by atoms with Gasteiger partial charge in [0.1, 0.15) is 5.69 Å². The minimum absolute atomic E-state index is 0.447. The summed E-state index contributed by atoms with van der Waals surface area (Å²) in [6.45, 7) is 2.04. The van der Waals surface area contributed by atoms with Crippen molar-refractivity contribution in [2.45, 2.75) is 6.92 Å². The number of allylic oxidation sites excluding steroid dienone is 1. The van der Waals surface area contributed by atoms with E-state index >= 15 is 0 Å². The van der Waals surface area contributed by atoms with Crippen LogP contribution in [-0.2, 0) is 0 Å². The van der Waals surface area contributed by atoms with Gasteiger partial charge in [0.05, 0.1) is 11.9 Å². The molecule has 0 aliphatic carbocycles. The van der Waals surface area contributed by atoms with Crippen LogP contribution in [0.4, 0.5) is 5.82 Å². The SMILES string of the molecule is CN=CC(=CN)c1nc(-c2ccc(C)cc2)cnc1NN. The highest BCUT2D eigenvalue weighted by molar-refractivity contribution is 6.10. The Morgan fingerprint density at radius 3 is 2.57 bits per heavy atom. The minimum atomic E-state index is 0.447. The van der Waals surface area contributed by atoms with E-state index in [0.29, 0.717) is 17.1 Å². The predicted octanol–water partition coefficient (Wildman–Crippen LogP) is 1.74. The van der Waals surface area contributed by atoms with Crippen molar-refractivity contribution in [1.29, 1.82) is 0 Å². The first-order chi connectivity index (χ1) is 10.2. The van der Waals surface area contributed by atoms with Crippen molar-refractivity contribution >= 4 is 17.6 Å². The van der Waals surface area contributed by atoms with Crippen molar-refractivity contribution in [2.75, 3.05) is 12.5 Å². The van der Waals surface area contributed by atoms with Crippen molar-refractivity contribution in [2.24, 2.45) is 16.6 Å². The molecule has 0 atom stereocenters. The third kappa shape index (κ3) is 3.24. The number of nitrogens with one attached hydrogen (secondary N) is 1. The molecule has 6 nitrogen and oxygen atoms in total. The molecule has 0 aliphatic rings. The Hall–Kier alpha value is -2.73. The van der Waals surface area contributed by atoms with Crippen molar-refractivity contribution < 1.29 is 0 Å². The zero-order chi connectivity index (χ0) is 15.2. The van der Waals surface area contributed by atoms with Gasteiger partial charge in [-0.05, 0) is 6.92 Å². The summed E-state index contributed by atoms with van der Waals surface area (Å²) >= 11 is 0. The Labute approximate surface area is 123 Å². The Bertz CT molecular complexity index is 673. The van der Waals surface area contributed by atoms with Gasteiger partial charge in [-0.3, -0.25) is 4.99 Å². The second-order valence-corrected chi connectivity index (χ2v) is 4.47. The number of hydrazine groups is 1.